The van der Waals surface area contributed by atoms with Crippen LogP contribution in [0.15, 0.2) is 36.5 Å². The Labute approximate surface area is 218 Å². The fourth-order valence-corrected chi connectivity index (χ4v) is 5.22. The first-order valence-electron chi connectivity index (χ1n) is 12.6. The van der Waals surface area contributed by atoms with E-state index in [1.165, 1.54) is 6.20 Å². The van der Waals surface area contributed by atoms with Crippen LogP contribution < -0.4 is 10.1 Å². The first-order chi connectivity index (χ1) is 18.3. The van der Waals surface area contributed by atoms with Gasteiger partial charge in [0.1, 0.15) is 18.2 Å². The van der Waals surface area contributed by atoms with E-state index < -0.39 is 35.5 Å². The summed E-state index contributed by atoms with van der Waals surface area (Å²) in [4.78, 5) is 18.7. The number of piperidine rings is 1. The summed E-state index contributed by atoms with van der Waals surface area (Å²) in [6.07, 6.45) is 3.94. The number of alkyl halides is 1. The van der Waals surface area contributed by atoms with Crippen molar-refractivity contribution < 1.29 is 32.2 Å². The Morgan fingerprint density at radius 1 is 1.18 bits per heavy atom. The largest absolute Gasteiger partial charge is 0.497 e. The molecule has 0 aliphatic carbocycles. The van der Waals surface area contributed by atoms with Crippen LogP contribution in [-0.2, 0) is 17.9 Å². The second-order valence-corrected chi connectivity index (χ2v) is 9.74. The van der Waals surface area contributed by atoms with Gasteiger partial charge in [0.2, 0.25) is 0 Å². The van der Waals surface area contributed by atoms with Crippen molar-refractivity contribution in [3.05, 3.63) is 65.1 Å². The Hall–Kier alpha value is -3.40. The molecule has 0 bridgehead atoms. The van der Waals surface area contributed by atoms with Gasteiger partial charge < -0.3 is 20.1 Å². The standard InChI is InChI=1S/C28H31F4N3O3/c1-38-20-4-5-24-22(15-20)21(18(16-29)17-34-24)3-2-6-28(27(36)37)7-10-35(11-8-28)12-9-33-25-14-19(30)13-23(31)26(25)32/h4-5,13-15,17,33H,2-3,6-12,16H2,1H3,(H,36,37). The molecular weight excluding hydrogens is 502 g/mol. The maximum atomic E-state index is 13.8. The number of halogens is 4. The number of benzene rings is 2. The van der Waals surface area contributed by atoms with Crippen molar-refractivity contribution >= 4 is 22.6 Å². The summed E-state index contributed by atoms with van der Waals surface area (Å²) in [5.41, 5.74) is 0.911. The maximum Gasteiger partial charge on any atom is 0.309 e. The number of methoxy groups -OCH3 is 1. The highest BCUT2D eigenvalue weighted by Gasteiger charge is 2.40. The van der Waals surface area contributed by atoms with Gasteiger partial charge in [-0.05, 0) is 69.0 Å². The molecule has 2 N–H and O–H groups in total. The zero-order valence-electron chi connectivity index (χ0n) is 21.2. The second kappa shape index (κ2) is 12.0. The molecule has 204 valence electrons. The van der Waals surface area contributed by atoms with Crippen molar-refractivity contribution in [3.63, 3.8) is 0 Å². The Morgan fingerprint density at radius 3 is 2.63 bits per heavy atom. The minimum Gasteiger partial charge on any atom is -0.497 e. The number of nitrogens with one attached hydrogen (secondary N) is 1. The lowest BCUT2D eigenvalue weighted by atomic mass is 9.74. The van der Waals surface area contributed by atoms with E-state index in [4.69, 9.17) is 4.74 Å². The summed E-state index contributed by atoms with van der Waals surface area (Å²) in [5.74, 6) is -3.46. The van der Waals surface area contributed by atoms with Gasteiger partial charge in [0.05, 0.1) is 23.7 Å². The normalized spacial score (nSPS) is 15.5. The SMILES string of the molecule is COc1ccc2ncc(CF)c(CCCC3(C(=O)O)CCN(CCNc4cc(F)cc(F)c4F)CC3)c2c1. The van der Waals surface area contributed by atoms with E-state index in [0.717, 1.165) is 22.5 Å². The number of aryl methyl sites for hydroxylation is 1. The Morgan fingerprint density at radius 2 is 1.95 bits per heavy atom. The third-order valence-electron chi connectivity index (χ3n) is 7.51. The van der Waals surface area contributed by atoms with Crippen molar-refractivity contribution in [2.24, 2.45) is 5.41 Å². The highest BCUT2D eigenvalue weighted by molar-refractivity contribution is 5.84. The number of hydrogen-bond acceptors (Lipinski definition) is 5. The highest BCUT2D eigenvalue weighted by Crippen LogP contribution is 2.38. The predicted octanol–water partition coefficient (Wildman–Crippen LogP) is 5.73. The number of hydrogen-bond donors (Lipinski definition) is 2. The smallest absolute Gasteiger partial charge is 0.309 e. The number of rotatable bonds is 11. The Bertz CT molecular complexity index is 1290. The molecule has 6 nitrogen and oxygen atoms in total. The lowest BCUT2D eigenvalue weighted by molar-refractivity contribution is -0.152. The average Bonchev–Trinajstić information content (AvgIpc) is 2.91. The number of carboxylic acid groups (broad SMARTS) is 1. The molecule has 2 aromatic carbocycles. The van der Waals surface area contributed by atoms with Crippen molar-refractivity contribution in [2.45, 2.75) is 38.8 Å². The molecule has 1 saturated heterocycles. The van der Waals surface area contributed by atoms with E-state index in [1.54, 1.807) is 13.2 Å². The van der Waals surface area contributed by atoms with Crippen LogP contribution in [-0.4, -0.2) is 54.2 Å². The molecule has 0 spiro atoms. The average molecular weight is 534 g/mol. The monoisotopic (exact) mass is 533 g/mol. The number of nitrogens with zero attached hydrogens (tertiary/aromatic N) is 2. The van der Waals surface area contributed by atoms with Crippen LogP contribution in [0, 0.1) is 22.9 Å². The zero-order valence-corrected chi connectivity index (χ0v) is 21.2. The summed E-state index contributed by atoms with van der Waals surface area (Å²) < 4.78 is 59.7. The van der Waals surface area contributed by atoms with Gasteiger partial charge >= 0.3 is 5.97 Å². The molecule has 38 heavy (non-hydrogen) atoms. The number of ether oxygens (including phenoxy) is 1. The number of carbonyl (C=O) groups is 1. The third-order valence-corrected chi connectivity index (χ3v) is 7.51. The van der Waals surface area contributed by atoms with Crippen molar-refractivity contribution in [2.75, 3.05) is 38.6 Å². The first-order valence-corrected chi connectivity index (χ1v) is 12.6. The molecule has 10 heteroatoms. The Balaban J connectivity index is 1.35. The molecule has 1 aliphatic rings. The quantitative estimate of drug-likeness (QED) is 0.242. The molecular formula is C28H31F4N3O3. The van der Waals surface area contributed by atoms with Gasteiger partial charge in [0.15, 0.2) is 11.6 Å². The lowest BCUT2D eigenvalue weighted by Crippen LogP contribution is -2.45. The van der Waals surface area contributed by atoms with Crippen LogP contribution in [0.4, 0.5) is 23.2 Å². The van der Waals surface area contributed by atoms with Crippen molar-refractivity contribution in [1.29, 1.82) is 0 Å². The number of fused-ring (bicyclic) bond motifs is 1. The van der Waals surface area contributed by atoms with Crippen LogP contribution >= 0.6 is 0 Å². The van der Waals surface area contributed by atoms with Gasteiger partial charge in [-0.15, -0.1) is 0 Å². The fraction of sp³-hybridized carbons (Fsp3) is 0.429. The first kappa shape index (κ1) is 27.6. The topological polar surface area (TPSA) is 74.7 Å². The molecule has 0 saturated carbocycles. The van der Waals surface area contributed by atoms with E-state index in [2.05, 4.69) is 10.3 Å². The molecule has 2 heterocycles. The van der Waals surface area contributed by atoms with E-state index in [9.17, 15) is 27.5 Å². The van der Waals surface area contributed by atoms with Gasteiger partial charge in [-0.1, -0.05) is 0 Å². The molecule has 3 aromatic rings. The van der Waals surface area contributed by atoms with E-state index >= 15 is 0 Å². The molecule has 1 aliphatic heterocycles. The molecule has 1 fully saturated rings. The highest BCUT2D eigenvalue weighted by atomic mass is 19.2. The number of likely N-dealkylation sites (tertiary alicyclic amines) is 1. The molecule has 1 aromatic heterocycles. The molecule has 4 rings (SSSR count). The van der Waals surface area contributed by atoms with Gasteiger partial charge in [0, 0.05) is 42.4 Å². The summed E-state index contributed by atoms with van der Waals surface area (Å²) in [5, 5.41) is 13.6. The second-order valence-electron chi connectivity index (χ2n) is 9.74. The number of aromatic nitrogens is 1. The lowest BCUT2D eigenvalue weighted by Gasteiger charge is -2.39. The number of pyridine rings is 1. The van der Waals surface area contributed by atoms with E-state index in [-0.39, 0.29) is 12.2 Å². The minimum atomic E-state index is -1.26. The van der Waals surface area contributed by atoms with Crippen LogP contribution in [0.1, 0.15) is 36.8 Å². The van der Waals surface area contributed by atoms with Crippen LogP contribution in [0.25, 0.3) is 10.9 Å². The molecule has 0 atom stereocenters. The van der Waals surface area contributed by atoms with Crippen molar-refractivity contribution in [3.8, 4) is 5.75 Å². The number of aliphatic carboxylic acids is 1. The van der Waals surface area contributed by atoms with Crippen LogP contribution in [0.2, 0.25) is 0 Å². The minimum absolute atomic E-state index is 0.242. The van der Waals surface area contributed by atoms with Crippen LogP contribution in [0.5, 0.6) is 5.75 Å². The summed E-state index contributed by atoms with van der Waals surface area (Å²) in [7, 11) is 1.56. The number of anilines is 1. The molecule has 0 unspecified atom stereocenters. The zero-order chi connectivity index (χ0) is 27.3. The molecule has 0 radical (unpaired) electrons. The summed E-state index contributed by atoms with van der Waals surface area (Å²) in [6, 6.07) is 6.84. The van der Waals surface area contributed by atoms with Gasteiger partial charge in [-0.25, -0.2) is 17.6 Å². The van der Waals surface area contributed by atoms with Gasteiger partial charge in [0.25, 0.3) is 0 Å². The summed E-state index contributed by atoms with van der Waals surface area (Å²) >= 11 is 0. The van der Waals surface area contributed by atoms with Crippen molar-refractivity contribution in [1.82, 2.24) is 9.88 Å². The van der Waals surface area contributed by atoms with Gasteiger partial charge in [-0.3, -0.25) is 9.78 Å². The van der Waals surface area contributed by atoms with Crippen LogP contribution in [0.3, 0.4) is 0 Å². The Kier molecular flexibility index (Phi) is 8.71. The van der Waals surface area contributed by atoms with E-state index in [1.807, 2.05) is 17.0 Å². The summed E-state index contributed by atoms with van der Waals surface area (Å²) in [6.45, 7) is 1.12. The van der Waals surface area contributed by atoms with E-state index in [0.29, 0.717) is 69.1 Å². The fourth-order valence-electron chi connectivity index (χ4n) is 5.22. The third kappa shape index (κ3) is 6.01. The maximum absolute atomic E-state index is 13.8. The molecule has 0 amide bonds. The predicted molar refractivity (Wildman–Crippen MR) is 137 cm³/mol. The number of carboxylic acids is 1. The van der Waals surface area contributed by atoms with Gasteiger partial charge in [-0.2, -0.15) is 0 Å².